The van der Waals surface area contributed by atoms with Gasteiger partial charge in [-0.1, -0.05) is 35.3 Å². The van der Waals surface area contributed by atoms with Gasteiger partial charge in [-0.15, -0.1) is 0 Å². The average Bonchev–Trinajstić information content (AvgIpc) is 2.98. The number of aryl methyl sites for hydroxylation is 2. The summed E-state index contributed by atoms with van der Waals surface area (Å²) < 4.78 is 16.2. The van der Waals surface area contributed by atoms with Crippen molar-refractivity contribution < 1.29 is 9.18 Å². The van der Waals surface area contributed by atoms with Gasteiger partial charge in [-0.3, -0.25) is 14.2 Å². The third kappa shape index (κ3) is 3.67. The number of carbonyl (C=O) groups excluding carboxylic acids is 1. The van der Waals surface area contributed by atoms with E-state index in [1.807, 2.05) is 0 Å². The number of carbonyl (C=O) groups is 1. The summed E-state index contributed by atoms with van der Waals surface area (Å²) in [5.74, 6) is -0.602. The Labute approximate surface area is 153 Å². The minimum absolute atomic E-state index is 0.193. The van der Waals surface area contributed by atoms with Crippen molar-refractivity contribution >= 4 is 34.9 Å². The van der Waals surface area contributed by atoms with Crippen molar-refractivity contribution in [3.05, 3.63) is 63.3 Å². The molecule has 3 aromatic rings. The first kappa shape index (κ1) is 17.4. The molecular formula is C16H14Cl2FN5O. The van der Waals surface area contributed by atoms with Crippen LogP contribution in [0.5, 0.6) is 0 Å². The Morgan fingerprint density at radius 2 is 2.08 bits per heavy atom. The standard InChI is InChI=1S/C16H14Cl2FN5O/c1-9-13(18)14(23(2)21-9)16(25)20-15-12(17)8-24(22-15)7-10-4-3-5-11(19)6-10/h3-6,8H,7H2,1-2H3,(H,20,22,25). The van der Waals surface area contributed by atoms with Gasteiger partial charge in [0.05, 0.1) is 17.3 Å². The predicted octanol–water partition coefficient (Wildman–Crippen LogP) is 3.67. The zero-order chi connectivity index (χ0) is 18.1. The van der Waals surface area contributed by atoms with Crippen molar-refractivity contribution in [1.82, 2.24) is 19.6 Å². The molecule has 0 aliphatic heterocycles. The van der Waals surface area contributed by atoms with Gasteiger partial charge in [0.25, 0.3) is 5.91 Å². The molecule has 1 amide bonds. The maximum absolute atomic E-state index is 13.3. The molecule has 0 unspecified atom stereocenters. The van der Waals surface area contributed by atoms with Gasteiger partial charge in [-0.2, -0.15) is 10.2 Å². The summed E-state index contributed by atoms with van der Waals surface area (Å²) >= 11 is 12.2. The van der Waals surface area contributed by atoms with Crippen molar-refractivity contribution in [1.29, 1.82) is 0 Å². The highest BCUT2D eigenvalue weighted by molar-refractivity contribution is 6.35. The van der Waals surface area contributed by atoms with Gasteiger partial charge >= 0.3 is 0 Å². The van der Waals surface area contributed by atoms with Crippen LogP contribution in [0.15, 0.2) is 30.5 Å². The summed E-state index contributed by atoms with van der Waals surface area (Å²) in [6, 6.07) is 6.16. The maximum Gasteiger partial charge on any atom is 0.276 e. The molecule has 1 aromatic carbocycles. The summed E-state index contributed by atoms with van der Waals surface area (Å²) in [6.07, 6.45) is 1.55. The van der Waals surface area contributed by atoms with Crippen molar-refractivity contribution in [3.63, 3.8) is 0 Å². The number of nitrogens with one attached hydrogen (secondary N) is 1. The molecule has 0 bridgehead atoms. The summed E-state index contributed by atoms with van der Waals surface area (Å²) in [5, 5.41) is 11.5. The smallest absolute Gasteiger partial charge is 0.276 e. The number of halogens is 3. The molecule has 0 fully saturated rings. The third-order valence-corrected chi connectivity index (χ3v) is 4.28. The molecule has 2 aromatic heterocycles. The molecule has 25 heavy (non-hydrogen) atoms. The lowest BCUT2D eigenvalue weighted by Crippen LogP contribution is -2.17. The largest absolute Gasteiger partial charge is 0.302 e. The molecule has 2 heterocycles. The van der Waals surface area contributed by atoms with Crippen LogP contribution in [0, 0.1) is 12.7 Å². The van der Waals surface area contributed by atoms with Crippen LogP contribution in [0.3, 0.4) is 0 Å². The molecule has 0 saturated heterocycles. The highest BCUT2D eigenvalue weighted by Crippen LogP contribution is 2.24. The van der Waals surface area contributed by atoms with Crippen LogP contribution < -0.4 is 5.32 Å². The van der Waals surface area contributed by atoms with E-state index in [1.165, 1.54) is 21.5 Å². The second kappa shape index (κ2) is 6.85. The zero-order valence-corrected chi connectivity index (χ0v) is 14.9. The van der Waals surface area contributed by atoms with Crippen LogP contribution in [0.1, 0.15) is 21.7 Å². The van der Waals surface area contributed by atoms with E-state index in [0.29, 0.717) is 12.2 Å². The molecule has 9 heteroatoms. The van der Waals surface area contributed by atoms with E-state index in [1.54, 1.807) is 32.3 Å². The molecule has 0 atom stereocenters. The normalized spacial score (nSPS) is 10.9. The lowest BCUT2D eigenvalue weighted by atomic mass is 10.2. The number of benzene rings is 1. The first-order valence-corrected chi connectivity index (χ1v) is 8.08. The molecule has 3 rings (SSSR count). The number of hydrogen-bond donors (Lipinski definition) is 1. The quantitative estimate of drug-likeness (QED) is 0.749. The Bertz CT molecular complexity index is 950. The third-order valence-electron chi connectivity index (χ3n) is 3.55. The van der Waals surface area contributed by atoms with Crippen LogP contribution in [-0.2, 0) is 13.6 Å². The van der Waals surface area contributed by atoms with Crippen molar-refractivity contribution in [2.24, 2.45) is 7.05 Å². The Balaban J connectivity index is 1.80. The molecule has 0 aliphatic carbocycles. The van der Waals surface area contributed by atoms with Crippen LogP contribution >= 0.6 is 23.2 Å². The lowest BCUT2D eigenvalue weighted by molar-refractivity contribution is 0.101. The second-order valence-corrected chi connectivity index (χ2v) is 6.26. The number of nitrogens with zero attached hydrogens (tertiary/aromatic N) is 4. The Hall–Kier alpha value is -2.38. The number of rotatable bonds is 4. The second-order valence-electron chi connectivity index (χ2n) is 5.48. The van der Waals surface area contributed by atoms with Crippen LogP contribution in [0.25, 0.3) is 0 Å². The Morgan fingerprint density at radius 1 is 1.32 bits per heavy atom. The van der Waals surface area contributed by atoms with E-state index in [2.05, 4.69) is 15.5 Å². The SMILES string of the molecule is Cc1nn(C)c(C(=O)Nc2nn(Cc3cccc(F)c3)cc2Cl)c1Cl. The number of anilines is 1. The average molecular weight is 382 g/mol. The summed E-state index contributed by atoms with van der Waals surface area (Å²) in [7, 11) is 1.62. The van der Waals surface area contributed by atoms with Crippen LogP contribution in [0.4, 0.5) is 10.2 Å². The molecule has 0 spiro atoms. The minimum atomic E-state index is -0.467. The lowest BCUT2D eigenvalue weighted by Gasteiger charge is -2.04. The molecule has 0 saturated carbocycles. The van der Waals surface area contributed by atoms with Gasteiger partial charge in [0.15, 0.2) is 5.82 Å². The molecule has 130 valence electrons. The summed E-state index contributed by atoms with van der Waals surface area (Å²) in [5.41, 5.74) is 1.49. The summed E-state index contributed by atoms with van der Waals surface area (Å²) in [4.78, 5) is 12.4. The van der Waals surface area contributed by atoms with Crippen molar-refractivity contribution in [2.75, 3.05) is 5.32 Å². The zero-order valence-electron chi connectivity index (χ0n) is 13.4. The highest BCUT2D eigenvalue weighted by atomic mass is 35.5. The fourth-order valence-corrected chi connectivity index (χ4v) is 2.87. The van der Waals surface area contributed by atoms with E-state index in [4.69, 9.17) is 23.2 Å². The van der Waals surface area contributed by atoms with Crippen molar-refractivity contribution in [3.8, 4) is 0 Å². The Kier molecular flexibility index (Phi) is 4.78. The van der Waals surface area contributed by atoms with E-state index >= 15 is 0 Å². The van der Waals surface area contributed by atoms with Crippen LogP contribution in [-0.4, -0.2) is 25.5 Å². The minimum Gasteiger partial charge on any atom is -0.302 e. The fraction of sp³-hybridized carbons (Fsp3) is 0.188. The number of hydrogen-bond acceptors (Lipinski definition) is 3. The Morgan fingerprint density at radius 3 is 2.72 bits per heavy atom. The monoisotopic (exact) mass is 381 g/mol. The first-order chi connectivity index (χ1) is 11.8. The van der Waals surface area contributed by atoms with E-state index in [9.17, 15) is 9.18 Å². The number of amides is 1. The maximum atomic E-state index is 13.3. The van der Waals surface area contributed by atoms with Crippen LogP contribution in [0.2, 0.25) is 10.0 Å². The predicted molar refractivity (Wildman–Crippen MR) is 93.6 cm³/mol. The van der Waals surface area contributed by atoms with E-state index < -0.39 is 5.91 Å². The van der Waals surface area contributed by atoms with Gasteiger partial charge in [-0.25, -0.2) is 4.39 Å². The number of aromatic nitrogens is 4. The topological polar surface area (TPSA) is 64.7 Å². The van der Waals surface area contributed by atoms with Gasteiger partial charge < -0.3 is 5.32 Å². The summed E-state index contributed by atoms with van der Waals surface area (Å²) in [6.45, 7) is 2.03. The molecule has 0 aliphatic rings. The highest BCUT2D eigenvalue weighted by Gasteiger charge is 2.20. The van der Waals surface area contributed by atoms with Crippen molar-refractivity contribution in [2.45, 2.75) is 13.5 Å². The van der Waals surface area contributed by atoms with Gasteiger partial charge in [0.2, 0.25) is 0 Å². The van der Waals surface area contributed by atoms with Gasteiger partial charge in [-0.05, 0) is 24.6 Å². The van der Waals surface area contributed by atoms with Gasteiger partial charge in [0.1, 0.15) is 16.5 Å². The molecule has 6 nitrogen and oxygen atoms in total. The molecule has 1 N–H and O–H groups in total. The first-order valence-electron chi connectivity index (χ1n) is 7.33. The fourth-order valence-electron chi connectivity index (χ4n) is 2.43. The molecular weight excluding hydrogens is 368 g/mol. The van der Waals surface area contributed by atoms with Gasteiger partial charge in [0, 0.05) is 13.2 Å². The molecule has 0 radical (unpaired) electrons. The van der Waals surface area contributed by atoms with E-state index in [0.717, 1.165) is 5.56 Å². The van der Waals surface area contributed by atoms with E-state index in [-0.39, 0.29) is 27.4 Å².